The van der Waals surface area contributed by atoms with E-state index in [-0.39, 0.29) is 11.2 Å². The Morgan fingerprint density at radius 3 is 2.67 bits per heavy atom. The molecule has 15 heavy (non-hydrogen) atoms. The van der Waals surface area contributed by atoms with Crippen LogP contribution in [0.3, 0.4) is 0 Å². The molecule has 3 N–H and O–H groups in total. The molecule has 0 aliphatic rings. The normalized spacial score (nSPS) is 11.8. The van der Waals surface area contributed by atoms with Crippen LogP contribution in [0.2, 0.25) is 0 Å². The minimum Gasteiger partial charge on any atom is -0.271 e. The van der Waals surface area contributed by atoms with E-state index in [1.807, 2.05) is 12.1 Å². The van der Waals surface area contributed by atoms with Crippen molar-refractivity contribution in [2.75, 3.05) is 6.54 Å². The molecule has 1 aromatic carbocycles. The Hall–Kier alpha value is -0.450. The van der Waals surface area contributed by atoms with Crippen LogP contribution in [0.4, 0.5) is 4.39 Å². The molecular formula is C11H16BrFN2. The van der Waals surface area contributed by atoms with Crippen molar-refractivity contribution in [2.24, 2.45) is 5.84 Å². The fourth-order valence-electron chi connectivity index (χ4n) is 1.45. The quantitative estimate of drug-likeness (QED) is 0.655. The second-order valence-corrected chi connectivity index (χ2v) is 5.07. The maximum Gasteiger partial charge on any atom is 0.137 e. The molecule has 4 heteroatoms. The molecule has 1 rings (SSSR count). The van der Waals surface area contributed by atoms with Crippen LogP contribution in [0.1, 0.15) is 25.8 Å². The molecule has 0 amide bonds. The second kappa shape index (κ2) is 5.05. The van der Waals surface area contributed by atoms with Gasteiger partial charge in [0.15, 0.2) is 0 Å². The Kier molecular flexibility index (Phi) is 4.25. The van der Waals surface area contributed by atoms with Gasteiger partial charge in [0.25, 0.3) is 0 Å². The van der Waals surface area contributed by atoms with Gasteiger partial charge in [-0.2, -0.15) is 0 Å². The summed E-state index contributed by atoms with van der Waals surface area (Å²) in [7, 11) is 0. The van der Waals surface area contributed by atoms with Crippen LogP contribution >= 0.6 is 15.9 Å². The van der Waals surface area contributed by atoms with Crippen molar-refractivity contribution in [1.29, 1.82) is 0 Å². The van der Waals surface area contributed by atoms with Crippen LogP contribution in [0.5, 0.6) is 0 Å². The van der Waals surface area contributed by atoms with E-state index < -0.39 is 0 Å². The lowest BCUT2D eigenvalue weighted by Gasteiger charge is -2.25. The first kappa shape index (κ1) is 12.6. The number of nitrogens with two attached hydrogens (primary N) is 1. The molecular weight excluding hydrogens is 259 g/mol. The molecule has 1 aromatic rings. The third-order valence-electron chi connectivity index (χ3n) is 2.60. The lowest BCUT2D eigenvalue weighted by atomic mass is 9.82. The van der Waals surface area contributed by atoms with E-state index in [0.717, 1.165) is 18.5 Å². The van der Waals surface area contributed by atoms with E-state index >= 15 is 0 Å². The van der Waals surface area contributed by atoms with Crippen LogP contribution in [0.15, 0.2) is 22.7 Å². The maximum absolute atomic E-state index is 13.1. The van der Waals surface area contributed by atoms with Crippen molar-refractivity contribution >= 4 is 15.9 Å². The number of hydrazine groups is 1. The lowest BCUT2D eigenvalue weighted by molar-refractivity contribution is 0.459. The van der Waals surface area contributed by atoms with Gasteiger partial charge in [0.05, 0.1) is 4.47 Å². The second-order valence-electron chi connectivity index (χ2n) is 4.22. The Labute approximate surface area is 98.1 Å². The Balaban J connectivity index is 2.89. The van der Waals surface area contributed by atoms with Gasteiger partial charge in [0.1, 0.15) is 5.82 Å². The summed E-state index contributed by atoms with van der Waals surface area (Å²) in [4.78, 5) is 0. The largest absolute Gasteiger partial charge is 0.271 e. The number of halogens is 2. The van der Waals surface area contributed by atoms with Gasteiger partial charge in [-0.3, -0.25) is 11.3 Å². The smallest absolute Gasteiger partial charge is 0.137 e. The molecule has 0 aliphatic carbocycles. The lowest BCUT2D eigenvalue weighted by Crippen LogP contribution is -2.29. The molecule has 2 nitrogen and oxygen atoms in total. The zero-order valence-corrected chi connectivity index (χ0v) is 10.6. The highest BCUT2D eigenvalue weighted by molar-refractivity contribution is 9.10. The van der Waals surface area contributed by atoms with Gasteiger partial charge in [0, 0.05) is 6.54 Å². The van der Waals surface area contributed by atoms with Crippen LogP contribution in [0.25, 0.3) is 0 Å². The summed E-state index contributed by atoms with van der Waals surface area (Å²) in [6, 6.07) is 5.12. The molecule has 0 heterocycles. The van der Waals surface area contributed by atoms with E-state index in [4.69, 9.17) is 5.84 Å². The van der Waals surface area contributed by atoms with E-state index in [2.05, 4.69) is 35.2 Å². The molecule has 0 saturated heterocycles. The van der Waals surface area contributed by atoms with Crippen LogP contribution in [-0.4, -0.2) is 6.54 Å². The van der Waals surface area contributed by atoms with Crippen molar-refractivity contribution < 1.29 is 4.39 Å². The van der Waals surface area contributed by atoms with Gasteiger partial charge < -0.3 is 0 Å². The highest BCUT2D eigenvalue weighted by atomic mass is 79.9. The minimum atomic E-state index is -0.230. The number of nitrogens with one attached hydrogen (secondary N) is 1. The van der Waals surface area contributed by atoms with Crippen LogP contribution in [0, 0.1) is 5.82 Å². The summed E-state index contributed by atoms with van der Waals surface area (Å²) >= 11 is 3.19. The summed E-state index contributed by atoms with van der Waals surface area (Å²) in [5.41, 5.74) is 3.73. The van der Waals surface area contributed by atoms with Crippen molar-refractivity contribution in [2.45, 2.75) is 25.7 Å². The fraction of sp³-hybridized carbons (Fsp3) is 0.455. The summed E-state index contributed by atoms with van der Waals surface area (Å²) in [5.74, 6) is 5.02. The van der Waals surface area contributed by atoms with Crippen LogP contribution < -0.4 is 11.3 Å². The highest BCUT2D eigenvalue weighted by Gasteiger charge is 2.20. The molecule has 0 fully saturated rings. The number of benzene rings is 1. The zero-order valence-electron chi connectivity index (χ0n) is 8.98. The summed E-state index contributed by atoms with van der Waals surface area (Å²) in [6.07, 6.45) is 0.904. The Morgan fingerprint density at radius 2 is 2.13 bits per heavy atom. The molecule has 0 radical (unpaired) electrons. The number of rotatable bonds is 4. The average molecular weight is 275 g/mol. The first-order valence-electron chi connectivity index (χ1n) is 4.86. The van der Waals surface area contributed by atoms with Gasteiger partial charge in [0.2, 0.25) is 0 Å². The van der Waals surface area contributed by atoms with Crippen molar-refractivity contribution in [3.8, 4) is 0 Å². The average Bonchev–Trinajstić information content (AvgIpc) is 2.19. The van der Waals surface area contributed by atoms with E-state index in [1.165, 1.54) is 6.07 Å². The predicted octanol–water partition coefficient (Wildman–Crippen LogP) is 2.72. The predicted molar refractivity (Wildman–Crippen MR) is 63.9 cm³/mol. The third-order valence-corrected chi connectivity index (χ3v) is 3.20. The van der Waals surface area contributed by atoms with E-state index in [9.17, 15) is 4.39 Å². The van der Waals surface area contributed by atoms with E-state index in [1.54, 1.807) is 0 Å². The molecule has 0 aromatic heterocycles. The molecule has 84 valence electrons. The monoisotopic (exact) mass is 274 g/mol. The van der Waals surface area contributed by atoms with Gasteiger partial charge in [-0.05, 0) is 45.5 Å². The molecule has 0 saturated carbocycles. The van der Waals surface area contributed by atoms with Gasteiger partial charge in [-0.25, -0.2) is 4.39 Å². The first-order valence-corrected chi connectivity index (χ1v) is 5.65. The standard InChI is InChI=1S/C11H16BrFN2/c1-11(2,5-6-15-14)8-3-4-10(13)9(12)7-8/h3-4,7,15H,5-6,14H2,1-2H3. The highest BCUT2D eigenvalue weighted by Crippen LogP contribution is 2.29. The van der Waals surface area contributed by atoms with Gasteiger partial charge >= 0.3 is 0 Å². The van der Waals surface area contributed by atoms with Crippen molar-refractivity contribution in [3.63, 3.8) is 0 Å². The van der Waals surface area contributed by atoms with Crippen LogP contribution in [-0.2, 0) is 5.41 Å². The Morgan fingerprint density at radius 1 is 1.47 bits per heavy atom. The van der Waals surface area contributed by atoms with Crippen molar-refractivity contribution in [3.05, 3.63) is 34.1 Å². The minimum absolute atomic E-state index is 0.0113. The van der Waals surface area contributed by atoms with Gasteiger partial charge in [-0.15, -0.1) is 0 Å². The summed E-state index contributed by atoms with van der Waals surface area (Å²) in [6.45, 7) is 4.97. The fourth-order valence-corrected chi connectivity index (χ4v) is 1.82. The first-order chi connectivity index (χ1) is 6.97. The zero-order chi connectivity index (χ0) is 11.5. The Bertz CT molecular complexity index is 339. The van der Waals surface area contributed by atoms with Crippen molar-refractivity contribution in [1.82, 2.24) is 5.43 Å². The number of hydrogen-bond acceptors (Lipinski definition) is 2. The van der Waals surface area contributed by atoms with Gasteiger partial charge in [-0.1, -0.05) is 19.9 Å². The SMILES string of the molecule is CC(C)(CCNN)c1ccc(F)c(Br)c1. The molecule has 0 aliphatic heterocycles. The molecule has 0 unspecified atom stereocenters. The number of hydrogen-bond donors (Lipinski definition) is 2. The maximum atomic E-state index is 13.1. The summed E-state index contributed by atoms with van der Waals surface area (Å²) in [5, 5.41) is 0. The van der Waals surface area contributed by atoms with E-state index in [0.29, 0.717) is 4.47 Å². The topological polar surface area (TPSA) is 38.0 Å². The molecule has 0 atom stereocenters. The summed E-state index contributed by atoms with van der Waals surface area (Å²) < 4.78 is 13.6. The molecule has 0 spiro atoms. The third kappa shape index (κ3) is 3.26. The molecule has 0 bridgehead atoms.